The number of ether oxygens (including phenoxy) is 2. The smallest absolute Gasteiger partial charge is 0.305 e. The summed E-state index contributed by atoms with van der Waals surface area (Å²) in [6.07, 6.45) is 9.76. The fourth-order valence-corrected chi connectivity index (χ4v) is 4.74. The van der Waals surface area contributed by atoms with E-state index in [2.05, 4.69) is 72.9 Å². The van der Waals surface area contributed by atoms with Gasteiger partial charge in [0.25, 0.3) is 0 Å². The number of hydrogen-bond donors (Lipinski definition) is 0. The molecule has 3 aliphatic carbocycles. The van der Waals surface area contributed by atoms with Gasteiger partial charge in [-0.2, -0.15) is 0 Å². The minimum Gasteiger partial charge on any atom is -0.469 e. The van der Waals surface area contributed by atoms with Gasteiger partial charge in [0.2, 0.25) is 0 Å². The molecule has 4 unspecified atom stereocenters. The number of fused-ring (bicyclic) bond motifs is 2. The molecule has 35 heavy (non-hydrogen) atoms. The van der Waals surface area contributed by atoms with E-state index in [1.54, 1.807) is 0 Å². The molecule has 0 heterocycles. The van der Waals surface area contributed by atoms with Crippen molar-refractivity contribution in [3.8, 4) is 10.8 Å². The average Bonchev–Trinajstić information content (AvgIpc) is 2.81. The molecular weight excluding hydrogens is 575 g/mol. The van der Waals surface area contributed by atoms with Crippen LogP contribution in [0.3, 0.4) is 0 Å². The van der Waals surface area contributed by atoms with E-state index in [4.69, 9.17) is 12.6 Å². The molecule has 2 bridgehead atoms. The van der Waals surface area contributed by atoms with Crippen LogP contribution in [-0.4, -0.2) is 40.3 Å². The first kappa shape index (κ1) is 36.1. The zero-order valence-electron chi connectivity index (χ0n) is 22.5. The van der Waals surface area contributed by atoms with E-state index < -0.39 is 0 Å². The van der Waals surface area contributed by atoms with Crippen LogP contribution in [0.1, 0.15) is 86.0 Å². The Morgan fingerprint density at radius 3 is 2.00 bits per heavy atom. The van der Waals surface area contributed by atoms with Gasteiger partial charge < -0.3 is 14.3 Å². The van der Waals surface area contributed by atoms with E-state index in [0.717, 1.165) is 54.2 Å². The molecule has 0 aromatic heterocycles. The molecule has 0 N–H and O–H groups in total. The molecule has 0 saturated heterocycles. The van der Waals surface area contributed by atoms with Crippen LogP contribution < -0.4 is 0 Å². The molecule has 0 amide bonds. The molecule has 198 valence electrons. The van der Waals surface area contributed by atoms with Crippen LogP contribution in [0.25, 0.3) is 0 Å². The third-order valence-electron chi connectivity index (χ3n) is 6.63. The Hall–Kier alpha value is -1.07. The lowest BCUT2D eigenvalue weighted by molar-refractivity contribution is -0.141. The predicted molar refractivity (Wildman–Crippen MR) is 152 cm³/mol. The minimum absolute atomic E-state index is 0.134. The average molecular weight is 618 g/mol. The zero-order chi connectivity index (χ0) is 27.4. The second-order valence-electron chi connectivity index (χ2n) is 9.32. The zero-order valence-corrected chi connectivity index (χ0v) is 25.7. The van der Waals surface area contributed by atoms with Crippen LogP contribution in [-0.2, 0) is 23.9 Å². The third-order valence-corrected chi connectivity index (χ3v) is 7.23. The van der Waals surface area contributed by atoms with Crippen LogP contribution in [0.15, 0.2) is 10.6 Å². The highest BCUT2D eigenvalue weighted by Crippen LogP contribution is 2.63. The fourth-order valence-electron chi connectivity index (χ4n) is 4.31. The molecule has 0 aliphatic heterocycles. The summed E-state index contributed by atoms with van der Waals surface area (Å²) in [6, 6.07) is 0. The molecule has 0 spiro atoms. The Bertz CT molecular complexity index is 708. The van der Waals surface area contributed by atoms with Gasteiger partial charge in [-0.3, -0.25) is 9.59 Å². The number of aldehydes is 1. The van der Waals surface area contributed by atoms with E-state index in [1.807, 2.05) is 13.0 Å². The lowest BCUT2D eigenvalue weighted by Crippen LogP contribution is -2.53. The minimum atomic E-state index is -0.170. The van der Waals surface area contributed by atoms with Crippen molar-refractivity contribution in [2.75, 3.05) is 14.2 Å². The first-order chi connectivity index (χ1) is 16.4. The molecule has 3 rings (SSSR count). The van der Waals surface area contributed by atoms with Gasteiger partial charge in [-0.1, -0.05) is 60.9 Å². The molecule has 3 saturated carbocycles. The van der Waals surface area contributed by atoms with Crippen LogP contribution in [0.2, 0.25) is 5.82 Å². The van der Waals surface area contributed by atoms with Crippen LogP contribution in [0.4, 0.5) is 0 Å². The first-order valence-electron chi connectivity index (χ1n) is 12.1. The number of hydrogen-bond acceptors (Lipinski definition) is 5. The normalized spacial score (nSPS) is 22.9. The Kier molecular flexibility index (Phi) is 21.7. The van der Waals surface area contributed by atoms with Crippen LogP contribution in [0, 0.1) is 33.9 Å². The Balaban J connectivity index is 0. The summed E-state index contributed by atoms with van der Waals surface area (Å²) in [7, 11) is 8.82. The van der Waals surface area contributed by atoms with Crippen LogP contribution in [0.5, 0.6) is 0 Å². The molecular formula is C27H43BBr2O5. The maximum absolute atomic E-state index is 10.6. The van der Waals surface area contributed by atoms with Gasteiger partial charge in [0, 0.05) is 35.2 Å². The third kappa shape index (κ3) is 16.3. The van der Waals surface area contributed by atoms with Crippen molar-refractivity contribution < 1.29 is 23.9 Å². The van der Waals surface area contributed by atoms with E-state index in [0.29, 0.717) is 24.1 Å². The molecule has 3 fully saturated rings. The standard InChI is InChI=1S/C10H17B.C8H13BrO2.C7H9BrO2.C2H4O/c1-6-8-4-7(5-9(6)11)10(8,2)3;1-7(9)5-3-4-6-8(10)11-2;1-10-7(9)5-3-2-4-6-8;1-2-3/h6-9H,4-5H2,1-3H3;5H,3-4,6H2,1-2H3;2-3,5H2,1H3;2H,1H3/b;7-5-;;. The molecule has 2 radical (unpaired) electrons. The summed E-state index contributed by atoms with van der Waals surface area (Å²) in [5.74, 6) is 5.58. The van der Waals surface area contributed by atoms with Crippen molar-refractivity contribution in [1.29, 1.82) is 0 Å². The van der Waals surface area contributed by atoms with Crippen molar-refractivity contribution in [1.82, 2.24) is 0 Å². The molecule has 0 aromatic carbocycles. The monoisotopic (exact) mass is 616 g/mol. The van der Waals surface area contributed by atoms with E-state index in [9.17, 15) is 9.59 Å². The van der Waals surface area contributed by atoms with Crippen molar-refractivity contribution >= 4 is 57.9 Å². The summed E-state index contributed by atoms with van der Waals surface area (Å²) in [4.78, 5) is 32.5. The quantitative estimate of drug-likeness (QED) is 0.0996. The summed E-state index contributed by atoms with van der Waals surface area (Å²) >= 11 is 6.26. The highest BCUT2D eigenvalue weighted by atomic mass is 79.9. The summed E-state index contributed by atoms with van der Waals surface area (Å²) < 4.78 is 10.0. The Morgan fingerprint density at radius 2 is 1.63 bits per heavy atom. The largest absolute Gasteiger partial charge is 0.469 e. The van der Waals surface area contributed by atoms with Gasteiger partial charge in [-0.05, 0) is 72.0 Å². The lowest BCUT2D eigenvalue weighted by atomic mass is 9.41. The second-order valence-corrected chi connectivity index (χ2v) is 11.0. The van der Waals surface area contributed by atoms with Crippen LogP contribution >= 0.6 is 31.9 Å². The SMILES string of the molecule is CC=O.COC(=O)CCC/C=C(/C)Br.COC(=O)CCCC#CBr.[B]C1CC2CC(C1C)C2(C)C. The van der Waals surface area contributed by atoms with Crippen molar-refractivity contribution in [2.24, 2.45) is 23.2 Å². The molecule has 3 aliphatic rings. The van der Waals surface area contributed by atoms with Gasteiger partial charge in [0.1, 0.15) is 6.29 Å². The fraction of sp³-hybridized carbons (Fsp3) is 0.741. The van der Waals surface area contributed by atoms with Gasteiger partial charge in [0.05, 0.1) is 22.1 Å². The summed E-state index contributed by atoms with van der Waals surface area (Å²) in [5, 5.41) is 0. The highest BCUT2D eigenvalue weighted by Gasteiger charge is 2.54. The Morgan fingerprint density at radius 1 is 1.11 bits per heavy atom. The topological polar surface area (TPSA) is 69.7 Å². The molecule has 0 aromatic rings. The number of carbonyl (C=O) groups is 3. The number of rotatable bonds is 7. The Labute approximate surface area is 231 Å². The highest BCUT2D eigenvalue weighted by molar-refractivity contribution is 9.12. The number of unbranched alkanes of at least 4 members (excludes halogenated alkanes) is 2. The summed E-state index contributed by atoms with van der Waals surface area (Å²) in [6.45, 7) is 10.6. The van der Waals surface area contributed by atoms with Crippen molar-refractivity contribution in [3.05, 3.63) is 10.6 Å². The number of halogens is 2. The number of allylic oxidation sites excluding steroid dienone is 2. The van der Waals surface area contributed by atoms with Gasteiger partial charge >= 0.3 is 11.9 Å². The lowest BCUT2D eigenvalue weighted by Gasteiger charge is -2.62. The van der Waals surface area contributed by atoms with E-state index in [1.165, 1.54) is 34.0 Å². The maximum Gasteiger partial charge on any atom is 0.305 e. The molecule has 5 nitrogen and oxygen atoms in total. The number of carbonyl (C=O) groups excluding carboxylic acids is 3. The summed E-state index contributed by atoms with van der Waals surface area (Å²) in [5.41, 5.74) is 0.606. The number of methoxy groups -OCH3 is 2. The molecule has 4 atom stereocenters. The van der Waals surface area contributed by atoms with Gasteiger partial charge in [-0.15, -0.1) is 0 Å². The first-order valence-corrected chi connectivity index (χ1v) is 13.7. The second kappa shape index (κ2) is 21.1. The van der Waals surface area contributed by atoms with E-state index in [-0.39, 0.29) is 11.9 Å². The van der Waals surface area contributed by atoms with Crippen molar-refractivity contribution in [3.63, 3.8) is 0 Å². The maximum atomic E-state index is 10.6. The predicted octanol–water partition coefficient (Wildman–Crippen LogP) is 7.16. The van der Waals surface area contributed by atoms with E-state index >= 15 is 0 Å². The van der Waals surface area contributed by atoms with Crippen molar-refractivity contribution in [2.45, 2.75) is 91.8 Å². The van der Waals surface area contributed by atoms with Gasteiger partial charge in [0.15, 0.2) is 0 Å². The van der Waals surface area contributed by atoms with Gasteiger partial charge in [-0.25, -0.2) is 0 Å². The number of esters is 2. The molecule has 8 heteroatoms.